The van der Waals surface area contributed by atoms with Crippen LogP contribution in [-0.4, -0.2) is 47.0 Å². The Morgan fingerprint density at radius 1 is 1.57 bits per heavy atom. The fraction of sp³-hybridized carbons (Fsp3) is 0.500. The van der Waals surface area contributed by atoms with E-state index in [1.165, 1.54) is 18.4 Å². The second-order valence-corrected chi connectivity index (χ2v) is 6.79. The van der Waals surface area contributed by atoms with Gasteiger partial charge in [0.25, 0.3) is 0 Å². The molecule has 1 aliphatic rings. The van der Waals surface area contributed by atoms with Gasteiger partial charge >= 0.3 is 5.97 Å². The van der Waals surface area contributed by atoms with Gasteiger partial charge in [-0.1, -0.05) is 22.9 Å². The Labute approximate surface area is 143 Å². The topological polar surface area (TPSA) is 72.3 Å². The Balaban J connectivity index is 1.67. The van der Waals surface area contributed by atoms with Crippen molar-refractivity contribution in [1.82, 2.24) is 14.8 Å². The van der Waals surface area contributed by atoms with Crippen molar-refractivity contribution >= 4 is 39.7 Å². The molecule has 1 fully saturated rings. The summed E-state index contributed by atoms with van der Waals surface area (Å²) in [7, 11) is 3.24. The van der Waals surface area contributed by atoms with Crippen LogP contribution in [0.5, 0.6) is 0 Å². The summed E-state index contributed by atoms with van der Waals surface area (Å²) < 4.78 is 6.50. The molecular formula is C14H18ClN5O2S. The maximum atomic E-state index is 11.6. The molecule has 0 aliphatic carbocycles. The largest absolute Gasteiger partial charge is 0.465 e. The molecule has 9 heteroatoms. The van der Waals surface area contributed by atoms with Crippen LogP contribution >= 0.6 is 22.9 Å². The molecule has 23 heavy (non-hydrogen) atoms. The molecule has 0 aromatic carbocycles. The number of piperidine rings is 1. The van der Waals surface area contributed by atoms with E-state index in [4.69, 9.17) is 16.3 Å². The average molecular weight is 356 g/mol. The molecule has 1 aliphatic heterocycles. The van der Waals surface area contributed by atoms with Gasteiger partial charge in [0.2, 0.25) is 0 Å². The van der Waals surface area contributed by atoms with Gasteiger partial charge in [-0.3, -0.25) is 4.68 Å². The quantitative estimate of drug-likeness (QED) is 0.849. The SMILES string of the molecule is COC(=O)c1sc(NC2CCCN(c3cnn(C)c3)C2)nc1Cl. The van der Waals surface area contributed by atoms with Crippen LogP contribution in [0.1, 0.15) is 22.5 Å². The highest BCUT2D eigenvalue weighted by atomic mass is 35.5. The fourth-order valence-corrected chi connectivity index (χ4v) is 3.84. The lowest BCUT2D eigenvalue weighted by atomic mass is 10.1. The van der Waals surface area contributed by atoms with E-state index >= 15 is 0 Å². The first kappa shape index (κ1) is 16.1. The third-order valence-corrected chi connectivity index (χ3v) is 5.11. The van der Waals surface area contributed by atoms with Crippen molar-refractivity contribution in [3.05, 3.63) is 22.4 Å². The maximum Gasteiger partial charge on any atom is 0.351 e. The molecule has 1 atom stereocenters. The second-order valence-electron chi connectivity index (χ2n) is 5.43. The Bertz CT molecular complexity index is 701. The van der Waals surface area contributed by atoms with Gasteiger partial charge in [0, 0.05) is 32.4 Å². The number of carbonyl (C=O) groups excluding carboxylic acids is 1. The van der Waals surface area contributed by atoms with Crippen molar-refractivity contribution in [2.75, 3.05) is 30.4 Å². The van der Waals surface area contributed by atoms with Crippen molar-refractivity contribution in [2.24, 2.45) is 7.05 Å². The second kappa shape index (κ2) is 6.76. The number of aromatic nitrogens is 3. The molecule has 0 bridgehead atoms. The van der Waals surface area contributed by atoms with E-state index in [2.05, 4.69) is 20.3 Å². The predicted molar refractivity (Wildman–Crippen MR) is 90.5 cm³/mol. The first-order chi connectivity index (χ1) is 11.1. The molecule has 0 radical (unpaired) electrons. The Hall–Kier alpha value is -1.80. The third kappa shape index (κ3) is 3.59. The van der Waals surface area contributed by atoms with E-state index in [1.807, 2.05) is 19.4 Å². The maximum absolute atomic E-state index is 11.6. The summed E-state index contributed by atoms with van der Waals surface area (Å²) in [4.78, 5) is 18.4. The number of methoxy groups -OCH3 is 1. The first-order valence-corrected chi connectivity index (χ1v) is 8.51. The standard InChI is InChI=1S/C14H18ClN5O2S/c1-19-8-10(6-16-19)20-5-3-4-9(7-20)17-14-18-12(15)11(23-14)13(21)22-2/h6,8-9H,3-5,7H2,1-2H3,(H,17,18). The number of halogens is 1. The van der Waals surface area contributed by atoms with Gasteiger partial charge in [0.05, 0.1) is 19.0 Å². The minimum atomic E-state index is -0.457. The van der Waals surface area contributed by atoms with Crippen molar-refractivity contribution in [3.63, 3.8) is 0 Å². The number of hydrogen-bond acceptors (Lipinski definition) is 7. The lowest BCUT2D eigenvalue weighted by molar-refractivity contribution is 0.0606. The number of esters is 1. The van der Waals surface area contributed by atoms with Crippen LogP contribution in [0.4, 0.5) is 10.8 Å². The van der Waals surface area contributed by atoms with E-state index in [0.717, 1.165) is 31.6 Å². The Morgan fingerprint density at radius 3 is 3.09 bits per heavy atom. The first-order valence-electron chi connectivity index (χ1n) is 7.31. The minimum Gasteiger partial charge on any atom is -0.465 e. The highest BCUT2D eigenvalue weighted by Gasteiger charge is 2.23. The van der Waals surface area contributed by atoms with Gasteiger partial charge in [-0.15, -0.1) is 0 Å². The number of carbonyl (C=O) groups is 1. The van der Waals surface area contributed by atoms with Crippen LogP contribution in [0.2, 0.25) is 5.15 Å². The van der Waals surface area contributed by atoms with E-state index in [0.29, 0.717) is 10.0 Å². The number of thiazole rings is 1. The molecule has 2 aromatic rings. The summed E-state index contributed by atoms with van der Waals surface area (Å²) in [6.07, 6.45) is 6.01. The van der Waals surface area contributed by atoms with Crippen LogP contribution in [0, 0.1) is 0 Å². The van der Waals surface area contributed by atoms with Gasteiger partial charge in [-0.05, 0) is 12.8 Å². The molecule has 1 unspecified atom stereocenters. The van der Waals surface area contributed by atoms with Crippen molar-refractivity contribution in [3.8, 4) is 0 Å². The number of rotatable bonds is 4. The molecule has 0 saturated carbocycles. The molecule has 1 saturated heterocycles. The molecule has 0 spiro atoms. The number of nitrogens with zero attached hydrogens (tertiary/aromatic N) is 4. The predicted octanol–water partition coefficient (Wildman–Crippen LogP) is 2.40. The normalized spacial score (nSPS) is 18.0. The van der Waals surface area contributed by atoms with E-state index in [1.54, 1.807) is 4.68 Å². The molecule has 3 rings (SSSR count). The summed E-state index contributed by atoms with van der Waals surface area (Å²) in [5, 5.41) is 8.43. The van der Waals surface area contributed by atoms with Gasteiger partial charge < -0.3 is 15.0 Å². The van der Waals surface area contributed by atoms with Crippen LogP contribution in [-0.2, 0) is 11.8 Å². The summed E-state index contributed by atoms with van der Waals surface area (Å²) in [5.41, 5.74) is 1.12. The molecule has 124 valence electrons. The highest BCUT2D eigenvalue weighted by molar-refractivity contribution is 7.18. The monoisotopic (exact) mass is 355 g/mol. The van der Waals surface area contributed by atoms with Crippen LogP contribution in [0.25, 0.3) is 0 Å². The summed E-state index contributed by atoms with van der Waals surface area (Å²) in [6, 6.07) is 0.247. The average Bonchev–Trinajstić information content (AvgIpc) is 3.13. The number of aryl methyl sites for hydroxylation is 1. The number of hydrogen-bond donors (Lipinski definition) is 1. The van der Waals surface area contributed by atoms with Crippen molar-refractivity contribution in [1.29, 1.82) is 0 Å². The smallest absolute Gasteiger partial charge is 0.351 e. The molecule has 2 aromatic heterocycles. The summed E-state index contributed by atoms with van der Waals surface area (Å²) >= 11 is 7.22. The molecular weight excluding hydrogens is 338 g/mol. The van der Waals surface area contributed by atoms with E-state index in [-0.39, 0.29) is 11.2 Å². The van der Waals surface area contributed by atoms with Gasteiger partial charge in [0.1, 0.15) is 0 Å². The zero-order valence-electron chi connectivity index (χ0n) is 13.0. The minimum absolute atomic E-state index is 0.185. The van der Waals surface area contributed by atoms with E-state index < -0.39 is 5.97 Å². The zero-order valence-corrected chi connectivity index (χ0v) is 14.5. The van der Waals surface area contributed by atoms with Gasteiger partial charge in [0.15, 0.2) is 15.2 Å². The van der Waals surface area contributed by atoms with Crippen molar-refractivity contribution in [2.45, 2.75) is 18.9 Å². The van der Waals surface area contributed by atoms with Gasteiger partial charge in [-0.2, -0.15) is 5.10 Å². The fourth-order valence-electron chi connectivity index (χ4n) is 2.66. The third-order valence-electron chi connectivity index (χ3n) is 3.76. The van der Waals surface area contributed by atoms with Crippen LogP contribution < -0.4 is 10.2 Å². The van der Waals surface area contributed by atoms with Crippen molar-refractivity contribution < 1.29 is 9.53 Å². The Kier molecular flexibility index (Phi) is 4.72. The van der Waals surface area contributed by atoms with Crippen LogP contribution in [0.15, 0.2) is 12.4 Å². The van der Waals surface area contributed by atoms with Crippen LogP contribution in [0.3, 0.4) is 0 Å². The zero-order chi connectivity index (χ0) is 16.4. The lowest BCUT2D eigenvalue weighted by Crippen LogP contribution is -2.42. The summed E-state index contributed by atoms with van der Waals surface area (Å²) in [6.45, 7) is 1.87. The van der Waals surface area contributed by atoms with Gasteiger partial charge in [-0.25, -0.2) is 9.78 Å². The number of anilines is 2. The highest BCUT2D eigenvalue weighted by Crippen LogP contribution is 2.29. The number of nitrogens with one attached hydrogen (secondary N) is 1. The molecule has 3 heterocycles. The van der Waals surface area contributed by atoms with E-state index in [9.17, 15) is 4.79 Å². The lowest BCUT2D eigenvalue weighted by Gasteiger charge is -2.33. The molecule has 1 N–H and O–H groups in total. The molecule has 7 nitrogen and oxygen atoms in total. The molecule has 0 amide bonds. The summed E-state index contributed by atoms with van der Waals surface area (Å²) in [5.74, 6) is -0.457. The Morgan fingerprint density at radius 2 is 2.39 bits per heavy atom. The number of ether oxygens (including phenoxy) is 1.